The van der Waals surface area contributed by atoms with Crippen molar-refractivity contribution < 1.29 is 4.74 Å². The quantitative estimate of drug-likeness (QED) is 0.716. The summed E-state index contributed by atoms with van der Waals surface area (Å²) in [6, 6.07) is 3.88. The van der Waals surface area contributed by atoms with Crippen LogP contribution < -0.4 is 10.5 Å². The van der Waals surface area contributed by atoms with Crippen LogP contribution in [-0.4, -0.2) is 6.61 Å². The van der Waals surface area contributed by atoms with Gasteiger partial charge in [-0.15, -0.1) is 0 Å². The Kier molecular flexibility index (Phi) is 2.66. The Bertz CT molecular complexity index is 351. The van der Waals surface area contributed by atoms with Crippen LogP contribution in [0.15, 0.2) is 12.1 Å². The Balaban J connectivity index is 2.57. The lowest BCUT2D eigenvalue weighted by atomic mass is 10.0. The lowest BCUT2D eigenvalue weighted by Crippen LogP contribution is -2.10. The summed E-state index contributed by atoms with van der Waals surface area (Å²) in [6.07, 6.45) is 1.93. The summed E-state index contributed by atoms with van der Waals surface area (Å²) < 4.78 is 5.67. The molecule has 2 nitrogen and oxygen atoms in total. The molecule has 0 amide bonds. The molecule has 0 bridgehead atoms. The van der Waals surface area contributed by atoms with Crippen LogP contribution in [0, 0.1) is 6.92 Å². The van der Waals surface area contributed by atoms with Crippen molar-refractivity contribution in [3.8, 4) is 5.75 Å². The minimum Gasteiger partial charge on any atom is -0.493 e. The van der Waals surface area contributed by atoms with Crippen LogP contribution in [0.4, 0.5) is 0 Å². The van der Waals surface area contributed by atoms with Crippen LogP contribution in [0.3, 0.4) is 0 Å². The zero-order chi connectivity index (χ0) is 10.1. The van der Waals surface area contributed by atoms with E-state index in [1.807, 2.05) is 19.1 Å². The predicted molar refractivity (Wildman–Crippen MR) is 57.8 cm³/mol. The fourth-order valence-electron chi connectivity index (χ4n) is 1.84. The molecule has 2 rings (SSSR count). The highest BCUT2D eigenvalue weighted by molar-refractivity contribution is 6.31. The molecular formula is C11H14ClNO. The summed E-state index contributed by atoms with van der Waals surface area (Å²) in [6.45, 7) is 2.76. The molecule has 0 saturated heterocycles. The van der Waals surface area contributed by atoms with Crippen LogP contribution in [-0.2, 0) is 0 Å². The molecule has 0 saturated carbocycles. The maximum atomic E-state index is 6.12. The number of ether oxygens (including phenoxy) is 1. The highest BCUT2D eigenvalue weighted by Crippen LogP contribution is 2.37. The second-order valence-electron chi connectivity index (χ2n) is 3.70. The fraction of sp³-hybridized carbons (Fsp3) is 0.455. The molecule has 76 valence electrons. The van der Waals surface area contributed by atoms with Gasteiger partial charge in [0.25, 0.3) is 0 Å². The van der Waals surface area contributed by atoms with Gasteiger partial charge in [-0.25, -0.2) is 0 Å². The standard InChI is InChI=1S/C11H14ClNO/c1-7-4-5-8(12)10-9(13)3-2-6-14-11(7)10/h4-5,9H,2-3,6,13H2,1H3/t9-/m0/s1. The van der Waals surface area contributed by atoms with Gasteiger partial charge in [-0.05, 0) is 31.4 Å². The van der Waals surface area contributed by atoms with Crippen molar-refractivity contribution in [3.63, 3.8) is 0 Å². The first kappa shape index (κ1) is 9.81. The summed E-state index contributed by atoms with van der Waals surface area (Å²) in [5.74, 6) is 0.891. The SMILES string of the molecule is Cc1ccc(Cl)c2c1OCCC[C@@H]2N. The average Bonchev–Trinajstić information content (AvgIpc) is 2.35. The van der Waals surface area contributed by atoms with Crippen molar-refractivity contribution in [1.82, 2.24) is 0 Å². The Labute approximate surface area is 89.0 Å². The van der Waals surface area contributed by atoms with Gasteiger partial charge in [0.05, 0.1) is 6.61 Å². The monoisotopic (exact) mass is 211 g/mol. The van der Waals surface area contributed by atoms with Gasteiger partial charge < -0.3 is 10.5 Å². The molecule has 0 fully saturated rings. The molecule has 0 radical (unpaired) electrons. The van der Waals surface area contributed by atoms with Gasteiger partial charge >= 0.3 is 0 Å². The van der Waals surface area contributed by atoms with Crippen molar-refractivity contribution in [2.45, 2.75) is 25.8 Å². The fourth-order valence-corrected chi connectivity index (χ4v) is 2.13. The number of benzene rings is 1. The number of hydrogen-bond donors (Lipinski definition) is 1. The normalized spacial score (nSPS) is 20.9. The van der Waals surface area contributed by atoms with Gasteiger partial charge in [0.1, 0.15) is 5.75 Å². The lowest BCUT2D eigenvalue weighted by Gasteiger charge is -2.15. The van der Waals surface area contributed by atoms with Crippen LogP contribution in [0.5, 0.6) is 5.75 Å². The Morgan fingerprint density at radius 3 is 3.07 bits per heavy atom. The van der Waals surface area contributed by atoms with Gasteiger partial charge in [0, 0.05) is 16.6 Å². The summed E-state index contributed by atoms with van der Waals surface area (Å²) in [4.78, 5) is 0. The summed E-state index contributed by atoms with van der Waals surface area (Å²) in [5.41, 5.74) is 8.14. The van der Waals surface area contributed by atoms with E-state index in [2.05, 4.69) is 0 Å². The van der Waals surface area contributed by atoms with Crippen LogP contribution in [0.1, 0.15) is 30.0 Å². The lowest BCUT2D eigenvalue weighted by molar-refractivity contribution is 0.314. The third kappa shape index (κ3) is 1.60. The second-order valence-corrected chi connectivity index (χ2v) is 4.11. The molecule has 0 unspecified atom stereocenters. The topological polar surface area (TPSA) is 35.2 Å². The van der Waals surface area contributed by atoms with Gasteiger partial charge in [-0.3, -0.25) is 0 Å². The van der Waals surface area contributed by atoms with E-state index in [-0.39, 0.29) is 6.04 Å². The Hall–Kier alpha value is -0.730. The van der Waals surface area contributed by atoms with Gasteiger partial charge in [0.2, 0.25) is 0 Å². The molecule has 14 heavy (non-hydrogen) atoms. The Morgan fingerprint density at radius 1 is 1.50 bits per heavy atom. The maximum Gasteiger partial charge on any atom is 0.128 e. The molecule has 1 aliphatic heterocycles. The molecule has 1 heterocycles. The minimum atomic E-state index is 0.0138. The largest absolute Gasteiger partial charge is 0.493 e. The molecule has 0 aliphatic carbocycles. The maximum absolute atomic E-state index is 6.12. The molecule has 1 aromatic carbocycles. The summed E-state index contributed by atoms with van der Waals surface area (Å²) >= 11 is 6.12. The first-order chi connectivity index (χ1) is 6.70. The zero-order valence-corrected chi connectivity index (χ0v) is 8.97. The first-order valence-corrected chi connectivity index (χ1v) is 5.25. The molecular weight excluding hydrogens is 198 g/mol. The van der Waals surface area contributed by atoms with Crippen molar-refractivity contribution >= 4 is 11.6 Å². The van der Waals surface area contributed by atoms with E-state index in [1.54, 1.807) is 0 Å². The molecule has 1 atom stereocenters. The van der Waals surface area contributed by atoms with E-state index in [0.717, 1.165) is 41.3 Å². The van der Waals surface area contributed by atoms with Crippen LogP contribution in [0.25, 0.3) is 0 Å². The number of halogens is 1. The molecule has 3 heteroatoms. The average molecular weight is 212 g/mol. The predicted octanol–water partition coefficient (Wildman–Crippen LogP) is 2.82. The van der Waals surface area contributed by atoms with E-state index >= 15 is 0 Å². The third-order valence-electron chi connectivity index (χ3n) is 2.62. The molecule has 0 spiro atoms. The van der Waals surface area contributed by atoms with Crippen molar-refractivity contribution in [2.75, 3.05) is 6.61 Å². The molecule has 1 aromatic rings. The smallest absolute Gasteiger partial charge is 0.128 e. The number of rotatable bonds is 0. The van der Waals surface area contributed by atoms with E-state index in [0.29, 0.717) is 0 Å². The second kappa shape index (κ2) is 3.79. The van der Waals surface area contributed by atoms with E-state index < -0.39 is 0 Å². The van der Waals surface area contributed by atoms with E-state index in [9.17, 15) is 0 Å². The summed E-state index contributed by atoms with van der Waals surface area (Å²) in [5, 5.41) is 0.722. The molecule has 2 N–H and O–H groups in total. The van der Waals surface area contributed by atoms with E-state index in [4.69, 9.17) is 22.1 Å². The van der Waals surface area contributed by atoms with E-state index in [1.165, 1.54) is 0 Å². The minimum absolute atomic E-state index is 0.0138. The molecule has 1 aliphatic rings. The first-order valence-electron chi connectivity index (χ1n) is 4.87. The van der Waals surface area contributed by atoms with Crippen molar-refractivity contribution in [3.05, 3.63) is 28.3 Å². The van der Waals surface area contributed by atoms with Gasteiger partial charge in [0.15, 0.2) is 0 Å². The zero-order valence-electron chi connectivity index (χ0n) is 8.22. The van der Waals surface area contributed by atoms with Gasteiger partial charge in [-0.1, -0.05) is 17.7 Å². The van der Waals surface area contributed by atoms with Crippen molar-refractivity contribution in [2.24, 2.45) is 5.73 Å². The highest BCUT2D eigenvalue weighted by Gasteiger charge is 2.20. The third-order valence-corrected chi connectivity index (χ3v) is 2.95. The Morgan fingerprint density at radius 2 is 2.29 bits per heavy atom. The number of fused-ring (bicyclic) bond motifs is 1. The van der Waals surface area contributed by atoms with Crippen LogP contribution in [0.2, 0.25) is 5.02 Å². The highest BCUT2D eigenvalue weighted by atomic mass is 35.5. The number of nitrogens with two attached hydrogens (primary N) is 1. The van der Waals surface area contributed by atoms with Crippen LogP contribution >= 0.6 is 11.6 Å². The molecule has 0 aromatic heterocycles. The number of hydrogen-bond acceptors (Lipinski definition) is 2. The number of aryl methyl sites for hydroxylation is 1. The summed E-state index contributed by atoms with van der Waals surface area (Å²) in [7, 11) is 0. The van der Waals surface area contributed by atoms with Crippen molar-refractivity contribution in [1.29, 1.82) is 0 Å². The van der Waals surface area contributed by atoms with Gasteiger partial charge in [-0.2, -0.15) is 0 Å².